The van der Waals surface area contributed by atoms with Crippen molar-refractivity contribution in [2.45, 2.75) is 71.1 Å². The van der Waals surface area contributed by atoms with Crippen molar-refractivity contribution >= 4 is 11.8 Å². The smallest absolute Gasteiger partial charge is 0.338 e. The normalized spacial score (nSPS) is 10.7. The number of ketones is 1. The molecule has 0 atom stereocenters. The van der Waals surface area contributed by atoms with Crippen molar-refractivity contribution in [3.63, 3.8) is 0 Å². The molecule has 2 aromatic carbocycles. The van der Waals surface area contributed by atoms with E-state index in [-0.39, 0.29) is 11.8 Å². The van der Waals surface area contributed by atoms with E-state index in [1.165, 1.54) is 51.4 Å². The van der Waals surface area contributed by atoms with Crippen LogP contribution in [0.1, 0.15) is 97.4 Å². The quantitative estimate of drug-likeness (QED) is 0.197. The van der Waals surface area contributed by atoms with Crippen molar-refractivity contribution in [1.82, 2.24) is 0 Å². The lowest BCUT2D eigenvalue weighted by molar-refractivity contribution is 0.0497. The van der Waals surface area contributed by atoms with Gasteiger partial charge in [0.05, 0.1) is 12.2 Å². The minimum absolute atomic E-state index is 0.0455. The minimum atomic E-state index is -0.320. The number of rotatable bonds is 14. The topological polar surface area (TPSA) is 43.4 Å². The second-order valence-corrected chi connectivity index (χ2v) is 7.59. The second kappa shape index (κ2) is 13.7. The fraction of sp³-hybridized carbons (Fsp3) is 0.462. The third-order valence-electron chi connectivity index (χ3n) is 5.15. The van der Waals surface area contributed by atoms with Gasteiger partial charge in [-0.25, -0.2) is 4.79 Å². The van der Waals surface area contributed by atoms with Crippen LogP contribution in [0.3, 0.4) is 0 Å². The van der Waals surface area contributed by atoms with Crippen LogP contribution in [0.4, 0.5) is 0 Å². The molecule has 0 amide bonds. The maximum Gasteiger partial charge on any atom is 0.338 e. The SMILES string of the molecule is CCCCCCCCCCCCOC(=O)c1ccc(C(=O)c2ccccc2)cc1. The van der Waals surface area contributed by atoms with Crippen LogP contribution in [-0.4, -0.2) is 18.4 Å². The number of carbonyl (C=O) groups excluding carboxylic acids is 2. The summed E-state index contributed by atoms with van der Waals surface area (Å²) >= 11 is 0. The molecule has 3 heteroatoms. The van der Waals surface area contributed by atoms with E-state index in [0.717, 1.165) is 12.8 Å². The minimum Gasteiger partial charge on any atom is -0.462 e. The highest BCUT2D eigenvalue weighted by molar-refractivity contribution is 6.09. The van der Waals surface area contributed by atoms with Gasteiger partial charge >= 0.3 is 5.97 Å². The van der Waals surface area contributed by atoms with Gasteiger partial charge in [-0.3, -0.25) is 4.79 Å². The summed E-state index contributed by atoms with van der Waals surface area (Å²) in [5.41, 5.74) is 1.70. The van der Waals surface area contributed by atoms with Crippen LogP contribution in [-0.2, 0) is 4.74 Å². The highest BCUT2D eigenvalue weighted by Gasteiger charge is 2.11. The van der Waals surface area contributed by atoms with E-state index >= 15 is 0 Å². The van der Waals surface area contributed by atoms with Crippen molar-refractivity contribution in [1.29, 1.82) is 0 Å². The maximum absolute atomic E-state index is 12.4. The Morgan fingerprint density at radius 2 is 1.10 bits per heavy atom. The summed E-state index contributed by atoms with van der Waals surface area (Å²) in [5.74, 6) is -0.365. The Balaban J connectivity index is 1.60. The maximum atomic E-state index is 12.4. The fourth-order valence-corrected chi connectivity index (χ4v) is 3.35. The molecular formula is C26H34O3. The summed E-state index contributed by atoms with van der Waals surface area (Å²) in [6.07, 6.45) is 12.5. The van der Waals surface area contributed by atoms with Crippen LogP contribution in [0.15, 0.2) is 54.6 Å². The Bertz CT molecular complexity index is 719. The molecule has 156 valence electrons. The Morgan fingerprint density at radius 3 is 1.69 bits per heavy atom. The molecule has 3 nitrogen and oxygen atoms in total. The van der Waals surface area contributed by atoms with Crippen LogP contribution < -0.4 is 0 Å². The van der Waals surface area contributed by atoms with Crippen LogP contribution >= 0.6 is 0 Å². The van der Waals surface area contributed by atoms with E-state index in [1.54, 1.807) is 36.4 Å². The Kier molecular flexibility index (Phi) is 10.8. The lowest BCUT2D eigenvalue weighted by Gasteiger charge is -2.06. The van der Waals surface area contributed by atoms with Crippen LogP contribution in [0.2, 0.25) is 0 Å². The number of hydrogen-bond acceptors (Lipinski definition) is 3. The van der Waals surface area contributed by atoms with Crippen molar-refractivity contribution in [2.75, 3.05) is 6.61 Å². The molecule has 2 rings (SSSR count). The number of ether oxygens (including phenoxy) is 1. The third kappa shape index (κ3) is 8.64. The molecule has 0 aliphatic carbocycles. The standard InChI is InChI=1S/C26H34O3/c1-2-3-4-5-6-7-8-9-10-14-21-29-26(28)24-19-17-23(18-20-24)25(27)22-15-12-11-13-16-22/h11-13,15-20H,2-10,14,21H2,1H3. The Hall–Kier alpha value is -2.42. The summed E-state index contributed by atoms with van der Waals surface area (Å²) in [4.78, 5) is 24.5. The van der Waals surface area contributed by atoms with E-state index in [1.807, 2.05) is 18.2 Å². The van der Waals surface area contributed by atoms with Gasteiger partial charge in [0, 0.05) is 11.1 Å². The first-order valence-electron chi connectivity index (χ1n) is 11.1. The lowest BCUT2D eigenvalue weighted by Crippen LogP contribution is -2.07. The summed E-state index contributed by atoms with van der Waals surface area (Å²) < 4.78 is 5.36. The Labute approximate surface area is 175 Å². The number of unbranched alkanes of at least 4 members (excludes halogenated alkanes) is 9. The summed E-state index contributed by atoms with van der Waals surface area (Å²) in [5, 5.41) is 0. The average molecular weight is 395 g/mol. The molecule has 0 unspecified atom stereocenters. The van der Waals surface area contributed by atoms with Crippen molar-refractivity contribution in [3.05, 3.63) is 71.3 Å². The fourth-order valence-electron chi connectivity index (χ4n) is 3.35. The zero-order valence-electron chi connectivity index (χ0n) is 17.7. The number of carbonyl (C=O) groups is 2. The summed E-state index contributed by atoms with van der Waals surface area (Å²) in [7, 11) is 0. The summed E-state index contributed by atoms with van der Waals surface area (Å²) in [6.45, 7) is 2.70. The van der Waals surface area contributed by atoms with E-state index in [4.69, 9.17) is 4.74 Å². The molecule has 0 radical (unpaired) electrons. The number of hydrogen-bond donors (Lipinski definition) is 0. The average Bonchev–Trinajstić information content (AvgIpc) is 2.77. The van der Waals surface area contributed by atoms with Crippen molar-refractivity contribution in [2.24, 2.45) is 0 Å². The van der Waals surface area contributed by atoms with E-state index < -0.39 is 0 Å². The van der Waals surface area contributed by atoms with Gasteiger partial charge in [0.1, 0.15) is 0 Å². The van der Waals surface area contributed by atoms with Crippen LogP contribution in [0.25, 0.3) is 0 Å². The second-order valence-electron chi connectivity index (χ2n) is 7.59. The molecule has 2 aromatic rings. The predicted octanol–water partition coefficient (Wildman–Crippen LogP) is 7.00. The molecular weight excluding hydrogens is 360 g/mol. The van der Waals surface area contributed by atoms with Crippen molar-refractivity contribution < 1.29 is 14.3 Å². The Morgan fingerprint density at radius 1 is 0.621 bits per heavy atom. The van der Waals surface area contributed by atoms with E-state index in [2.05, 4.69) is 6.92 Å². The number of benzene rings is 2. The van der Waals surface area contributed by atoms with Gasteiger partial charge < -0.3 is 4.74 Å². The monoisotopic (exact) mass is 394 g/mol. The van der Waals surface area contributed by atoms with E-state index in [0.29, 0.717) is 23.3 Å². The van der Waals surface area contributed by atoms with Gasteiger partial charge in [-0.1, -0.05) is 107 Å². The first-order chi connectivity index (χ1) is 14.2. The molecule has 0 heterocycles. The highest BCUT2D eigenvalue weighted by atomic mass is 16.5. The van der Waals surface area contributed by atoms with E-state index in [9.17, 15) is 9.59 Å². The molecule has 0 saturated heterocycles. The van der Waals surface area contributed by atoms with Gasteiger partial charge in [0.25, 0.3) is 0 Å². The highest BCUT2D eigenvalue weighted by Crippen LogP contribution is 2.13. The lowest BCUT2D eigenvalue weighted by atomic mass is 10.0. The third-order valence-corrected chi connectivity index (χ3v) is 5.15. The zero-order chi connectivity index (χ0) is 20.7. The van der Waals surface area contributed by atoms with Gasteiger partial charge in [0.2, 0.25) is 0 Å². The largest absolute Gasteiger partial charge is 0.462 e. The summed E-state index contributed by atoms with van der Waals surface area (Å²) in [6, 6.07) is 15.8. The molecule has 0 bridgehead atoms. The van der Waals surface area contributed by atoms with Gasteiger partial charge in [-0.2, -0.15) is 0 Å². The molecule has 0 aromatic heterocycles. The molecule has 0 fully saturated rings. The molecule has 29 heavy (non-hydrogen) atoms. The first kappa shape index (κ1) is 22.9. The van der Waals surface area contributed by atoms with Gasteiger partial charge in [-0.05, 0) is 18.6 Å². The first-order valence-corrected chi connectivity index (χ1v) is 11.1. The zero-order valence-corrected chi connectivity index (χ0v) is 17.7. The predicted molar refractivity (Wildman–Crippen MR) is 118 cm³/mol. The molecule has 0 aliphatic heterocycles. The molecule has 0 saturated carbocycles. The molecule has 0 spiro atoms. The van der Waals surface area contributed by atoms with Crippen molar-refractivity contribution in [3.8, 4) is 0 Å². The van der Waals surface area contributed by atoms with Gasteiger partial charge in [-0.15, -0.1) is 0 Å². The van der Waals surface area contributed by atoms with Crippen LogP contribution in [0.5, 0.6) is 0 Å². The number of esters is 1. The van der Waals surface area contributed by atoms with Crippen LogP contribution in [0, 0.1) is 0 Å². The molecule has 0 aliphatic rings. The molecule has 0 N–H and O–H groups in total. The van der Waals surface area contributed by atoms with Gasteiger partial charge in [0.15, 0.2) is 5.78 Å².